The van der Waals surface area contributed by atoms with E-state index < -0.39 is 0 Å². The Hall–Kier alpha value is -1.93. The number of nitrogens with zero attached hydrogens (tertiary/aromatic N) is 6. The van der Waals surface area contributed by atoms with Gasteiger partial charge in [0, 0.05) is 18.0 Å². The Labute approximate surface area is 135 Å². The molecule has 22 heavy (non-hydrogen) atoms. The Morgan fingerprint density at radius 3 is 2.95 bits per heavy atom. The van der Waals surface area contributed by atoms with Crippen molar-refractivity contribution in [3.8, 4) is 0 Å². The van der Waals surface area contributed by atoms with Gasteiger partial charge in [0.15, 0.2) is 0 Å². The first-order valence-electron chi connectivity index (χ1n) is 6.63. The molecule has 3 rings (SSSR count). The normalized spacial score (nSPS) is 11.5. The number of tetrazole rings is 1. The van der Waals surface area contributed by atoms with E-state index in [1.807, 2.05) is 13.8 Å². The predicted octanol–water partition coefficient (Wildman–Crippen LogP) is 2.21. The number of rotatable bonds is 4. The van der Waals surface area contributed by atoms with Crippen molar-refractivity contribution in [1.29, 1.82) is 0 Å². The summed E-state index contributed by atoms with van der Waals surface area (Å²) in [6, 6.07) is 5.10. The van der Waals surface area contributed by atoms with Crippen LogP contribution in [0.25, 0.3) is 5.65 Å². The lowest BCUT2D eigenvalue weighted by atomic mass is 10.4. The molecule has 0 amide bonds. The summed E-state index contributed by atoms with van der Waals surface area (Å²) in [5, 5.41) is 12.8. The van der Waals surface area contributed by atoms with Crippen molar-refractivity contribution in [2.45, 2.75) is 30.8 Å². The largest absolute Gasteiger partial charge is 0.269 e. The number of fused-ring (bicyclic) bond motifs is 1. The molecule has 9 heteroatoms. The van der Waals surface area contributed by atoms with Crippen molar-refractivity contribution in [3.63, 3.8) is 0 Å². The maximum absolute atomic E-state index is 12.1. The number of hydrogen-bond donors (Lipinski definition) is 0. The van der Waals surface area contributed by atoms with E-state index in [1.54, 1.807) is 23.0 Å². The summed E-state index contributed by atoms with van der Waals surface area (Å²) in [6.07, 6.45) is 1.56. The molecular formula is C13H13ClN6OS. The minimum Gasteiger partial charge on any atom is -0.269 e. The quantitative estimate of drug-likeness (QED) is 0.680. The highest BCUT2D eigenvalue weighted by atomic mass is 35.5. The zero-order valence-corrected chi connectivity index (χ0v) is 13.5. The van der Waals surface area contributed by atoms with Gasteiger partial charge < -0.3 is 0 Å². The molecule has 3 aromatic rings. The highest BCUT2D eigenvalue weighted by molar-refractivity contribution is 7.98. The first-order valence-corrected chi connectivity index (χ1v) is 7.99. The Bertz CT molecular complexity index is 874. The average Bonchev–Trinajstić information content (AvgIpc) is 2.94. The molecule has 0 aromatic carbocycles. The van der Waals surface area contributed by atoms with Crippen LogP contribution in [0.4, 0.5) is 0 Å². The van der Waals surface area contributed by atoms with E-state index in [2.05, 4.69) is 20.5 Å². The Balaban J connectivity index is 1.87. The lowest BCUT2D eigenvalue weighted by Crippen LogP contribution is -2.15. The smallest absolute Gasteiger partial charge is 0.258 e. The second-order valence-corrected chi connectivity index (χ2v) is 6.33. The summed E-state index contributed by atoms with van der Waals surface area (Å²) in [6.45, 7) is 4.01. The second kappa shape index (κ2) is 6.05. The molecular weight excluding hydrogens is 324 g/mol. The zero-order chi connectivity index (χ0) is 15.7. The third-order valence-corrected chi connectivity index (χ3v) is 4.17. The average molecular weight is 337 g/mol. The molecule has 0 N–H and O–H groups in total. The van der Waals surface area contributed by atoms with Crippen LogP contribution < -0.4 is 5.56 Å². The number of halogens is 1. The number of thioether (sulfide) groups is 1. The minimum atomic E-state index is -0.161. The van der Waals surface area contributed by atoms with Crippen molar-refractivity contribution in [2.75, 3.05) is 0 Å². The van der Waals surface area contributed by atoms with E-state index in [1.165, 1.54) is 22.2 Å². The van der Waals surface area contributed by atoms with Crippen molar-refractivity contribution < 1.29 is 0 Å². The molecule has 0 fully saturated rings. The molecule has 0 bridgehead atoms. The predicted molar refractivity (Wildman–Crippen MR) is 84.2 cm³/mol. The van der Waals surface area contributed by atoms with Crippen LogP contribution in [0, 0.1) is 0 Å². The minimum absolute atomic E-state index is 0.161. The SMILES string of the molecule is CC(C)n1nnnc1SCc1cc(=O)n2cc(Cl)ccc2n1. The molecule has 0 atom stereocenters. The Kier molecular flexibility index (Phi) is 4.12. The maximum Gasteiger partial charge on any atom is 0.258 e. The Morgan fingerprint density at radius 2 is 2.18 bits per heavy atom. The van der Waals surface area contributed by atoms with Crippen LogP contribution in [0.3, 0.4) is 0 Å². The first-order chi connectivity index (χ1) is 10.5. The summed E-state index contributed by atoms with van der Waals surface area (Å²) < 4.78 is 3.16. The number of aromatic nitrogens is 6. The lowest BCUT2D eigenvalue weighted by molar-refractivity contribution is 0.477. The topological polar surface area (TPSA) is 78.0 Å². The molecule has 7 nitrogen and oxygen atoms in total. The summed E-state index contributed by atoms with van der Waals surface area (Å²) >= 11 is 7.34. The second-order valence-electron chi connectivity index (χ2n) is 4.95. The third-order valence-electron chi connectivity index (χ3n) is 2.98. The van der Waals surface area contributed by atoms with Gasteiger partial charge in [0.2, 0.25) is 5.16 Å². The van der Waals surface area contributed by atoms with Crippen LogP contribution in [0.1, 0.15) is 25.6 Å². The third kappa shape index (κ3) is 2.97. The summed E-state index contributed by atoms with van der Waals surface area (Å²) in [5.41, 5.74) is 1.08. The maximum atomic E-state index is 12.1. The summed E-state index contributed by atoms with van der Waals surface area (Å²) in [5.74, 6) is 0.515. The van der Waals surface area contributed by atoms with Crippen molar-refractivity contribution in [3.05, 3.63) is 45.5 Å². The van der Waals surface area contributed by atoms with Gasteiger partial charge in [-0.15, -0.1) is 5.10 Å². The summed E-state index contributed by atoms with van der Waals surface area (Å²) in [4.78, 5) is 16.6. The summed E-state index contributed by atoms with van der Waals surface area (Å²) in [7, 11) is 0. The molecule has 3 heterocycles. The standard InChI is InChI=1S/C13H13ClN6OS/c1-8(2)20-13(16-17-18-20)22-7-10-5-12(21)19-6-9(14)3-4-11(19)15-10/h3-6,8H,7H2,1-2H3. The molecule has 0 aliphatic heterocycles. The van der Waals surface area contributed by atoms with Gasteiger partial charge in [-0.25, -0.2) is 9.67 Å². The van der Waals surface area contributed by atoms with Crippen LogP contribution in [0.2, 0.25) is 5.02 Å². The number of hydrogen-bond acceptors (Lipinski definition) is 6. The first kappa shape index (κ1) is 15.0. The van der Waals surface area contributed by atoms with Crippen molar-refractivity contribution in [1.82, 2.24) is 29.6 Å². The van der Waals surface area contributed by atoms with Crippen molar-refractivity contribution in [2.24, 2.45) is 0 Å². The lowest BCUT2D eigenvalue weighted by Gasteiger charge is -2.07. The molecule has 0 aliphatic rings. The van der Waals surface area contributed by atoms with Crippen LogP contribution in [-0.2, 0) is 5.75 Å². The monoisotopic (exact) mass is 336 g/mol. The van der Waals surface area contributed by atoms with E-state index in [0.717, 1.165) is 0 Å². The van der Waals surface area contributed by atoms with Gasteiger partial charge in [0.25, 0.3) is 5.56 Å². The van der Waals surface area contributed by atoms with Gasteiger partial charge >= 0.3 is 0 Å². The van der Waals surface area contributed by atoms with Gasteiger partial charge in [-0.2, -0.15) is 0 Å². The fourth-order valence-electron chi connectivity index (χ4n) is 1.94. The molecule has 0 spiro atoms. The molecule has 0 saturated heterocycles. The number of pyridine rings is 1. The fraction of sp³-hybridized carbons (Fsp3) is 0.308. The van der Waals surface area contributed by atoms with Gasteiger partial charge in [-0.3, -0.25) is 9.20 Å². The van der Waals surface area contributed by atoms with Gasteiger partial charge in [-0.05, 0) is 36.4 Å². The van der Waals surface area contributed by atoms with E-state index in [-0.39, 0.29) is 11.6 Å². The van der Waals surface area contributed by atoms with E-state index in [9.17, 15) is 4.79 Å². The van der Waals surface area contributed by atoms with Crippen LogP contribution in [-0.4, -0.2) is 29.6 Å². The molecule has 114 valence electrons. The highest BCUT2D eigenvalue weighted by Crippen LogP contribution is 2.21. The van der Waals surface area contributed by atoms with Gasteiger partial charge in [0.1, 0.15) is 5.65 Å². The molecule has 0 saturated carbocycles. The van der Waals surface area contributed by atoms with E-state index in [4.69, 9.17) is 11.6 Å². The highest BCUT2D eigenvalue weighted by Gasteiger charge is 2.11. The van der Waals surface area contributed by atoms with Crippen molar-refractivity contribution >= 4 is 29.0 Å². The van der Waals surface area contributed by atoms with Crippen LogP contribution >= 0.6 is 23.4 Å². The molecule has 0 aliphatic carbocycles. The Morgan fingerprint density at radius 1 is 1.36 bits per heavy atom. The zero-order valence-electron chi connectivity index (χ0n) is 12.0. The van der Waals surface area contributed by atoms with Gasteiger partial charge in [0.05, 0.1) is 16.8 Å². The van der Waals surface area contributed by atoms with Crippen LogP contribution in [0.5, 0.6) is 0 Å². The van der Waals surface area contributed by atoms with E-state index in [0.29, 0.717) is 27.3 Å². The van der Waals surface area contributed by atoms with Gasteiger partial charge in [-0.1, -0.05) is 23.4 Å². The van der Waals surface area contributed by atoms with Crippen LogP contribution in [0.15, 0.2) is 34.3 Å². The fourth-order valence-corrected chi connectivity index (χ4v) is 3.00. The molecule has 3 aromatic heterocycles. The van der Waals surface area contributed by atoms with E-state index >= 15 is 0 Å². The molecule has 0 unspecified atom stereocenters. The molecule has 0 radical (unpaired) electrons.